The van der Waals surface area contributed by atoms with Gasteiger partial charge in [0.2, 0.25) is 0 Å². The molecule has 0 spiro atoms. The lowest BCUT2D eigenvalue weighted by atomic mass is 10.2. The number of hydrogen-bond donors (Lipinski definition) is 1. The van der Waals surface area contributed by atoms with Gasteiger partial charge in [-0.1, -0.05) is 29.8 Å². The van der Waals surface area contributed by atoms with Crippen molar-refractivity contribution in [3.63, 3.8) is 0 Å². The Balaban J connectivity index is 1.61. The van der Waals surface area contributed by atoms with Crippen molar-refractivity contribution < 1.29 is 27.5 Å². The second kappa shape index (κ2) is 8.75. The van der Waals surface area contributed by atoms with Crippen LogP contribution in [-0.4, -0.2) is 12.5 Å². The summed E-state index contributed by atoms with van der Waals surface area (Å²) in [5, 5.41) is 2.52. The summed E-state index contributed by atoms with van der Waals surface area (Å²) in [6.07, 6.45) is 0. The molecule has 1 heterocycles. The molecule has 28 heavy (non-hydrogen) atoms. The largest absolute Gasteiger partial charge is 0.485 e. The number of alkyl halides is 2. The molecule has 0 saturated carbocycles. The van der Waals surface area contributed by atoms with Gasteiger partial charge in [0.15, 0.2) is 5.76 Å². The average molecular weight is 408 g/mol. The Kier molecular flexibility index (Phi) is 6.16. The second-order valence-corrected chi connectivity index (χ2v) is 6.21. The number of rotatable bonds is 7. The maximum atomic E-state index is 12.3. The number of amides is 1. The van der Waals surface area contributed by atoms with Gasteiger partial charge < -0.3 is 19.2 Å². The van der Waals surface area contributed by atoms with Gasteiger partial charge in [-0.05, 0) is 48.9 Å². The van der Waals surface area contributed by atoms with Crippen LogP contribution in [0.5, 0.6) is 11.5 Å². The monoisotopic (exact) mass is 407 g/mol. The van der Waals surface area contributed by atoms with Crippen LogP contribution in [0.1, 0.15) is 21.9 Å². The number of para-hydroxylation sites is 1. The SMILES string of the molecule is Cc1ccccc1OCc1ccc(C(=O)Nc2ccc(OC(F)F)c(Cl)c2)o1. The number of anilines is 1. The van der Waals surface area contributed by atoms with Crippen LogP contribution in [0.15, 0.2) is 59.0 Å². The van der Waals surface area contributed by atoms with Crippen molar-refractivity contribution in [3.8, 4) is 11.5 Å². The van der Waals surface area contributed by atoms with Crippen LogP contribution >= 0.6 is 11.6 Å². The highest BCUT2D eigenvalue weighted by molar-refractivity contribution is 6.32. The van der Waals surface area contributed by atoms with Crippen LogP contribution in [0.3, 0.4) is 0 Å². The Morgan fingerprint density at radius 3 is 2.64 bits per heavy atom. The average Bonchev–Trinajstić information content (AvgIpc) is 3.12. The number of benzene rings is 2. The molecule has 0 fully saturated rings. The highest BCUT2D eigenvalue weighted by Crippen LogP contribution is 2.29. The summed E-state index contributed by atoms with van der Waals surface area (Å²) in [5.41, 5.74) is 1.30. The summed E-state index contributed by atoms with van der Waals surface area (Å²) in [5.74, 6) is 0.592. The summed E-state index contributed by atoms with van der Waals surface area (Å²) < 4.78 is 39.9. The summed E-state index contributed by atoms with van der Waals surface area (Å²) in [7, 11) is 0. The molecule has 0 unspecified atom stereocenters. The summed E-state index contributed by atoms with van der Waals surface area (Å²) in [6, 6.07) is 14.7. The van der Waals surface area contributed by atoms with Crippen LogP contribution < -0.4 is 14.8 Å². The Morgan fingerprint density at radius 2 is 1.93 bits per heavy atom. The van der Waals surface area contributed by atoms with Crippen molar-refractivity contribution in [3.05, 3.63) is 76.7 Å². The fourth-order valence-corrected chi connectivity index (χ4v) is 2.63. The molecule has 0 aliphatic rings. The summed E-state index contributed by atoms with van der Waals surface area (Å²) in [6.45, 7) is -0.885. The molecule has 0 atom stereocenters. The van der Waals surface area contributed by atoms with Gasteiger partial charge in [-0.15, -0.1) is 0 Å². The summed E-state index contributed by atoms with van der Waals surface area (Å²) >= 11 is 5.87. The molecule has 0 bridgehead atoms. The minimum absolute atomic E-state index is 0.0511. The van der Waals surface area contributed by atoms with E-state index < -0.39 is 12.5 Å². The first kappa shape index (κ1) is 19.7. The number of carbonyl (C=O) groups excluding carboxylic acids is 1. The second-order valence-electron chi connectivity index (χ2n) is 5.80. The molecule has 3 aromatic rings. The maximum absolute atomic E-state index is 12.3. The third-order valence-electron chi connectivity index (χ3n) is 3.75. The van der Waals surface area contributed by atoms with E-state index in [0.717, 1.165) is 11.3 Å². The fourth-order valence-electron chi connectivity index (χ4n) is 2.41. The van der Waals surface area contributed by atoms with Gasteiger partial charge in [-0.2, -0.15) is 8.78 Å². The quantitative estimate of drug-likeness (QED) is 0.547. The molecule has 1 N–H and O–H groups in total. The van der Waals surface area contributed by atoms with Gasteiger partial charge in [0.1, 0.15) is 23.9 Å². The number of halogens is 3. The number of carbonyl (C=O) groups is 1. The van der Waals surface area contributed by atoms with Crippen molar-refractivity contribution in [2.75, 3.05) is 5.32 Å². The van der Waals surface area contributed by atoms with E-state index in [0.29, 0.717) is 11.4 Å². The van der Waals surface area contributed by atoms with Crippen LogP contribution in [0.2, 0.25) is 5.02 Å². The molecule has 146 valence electrons. The van der Waals surface area contributed by atoms with E-state index in [1.165, 1.54) is 24.3 Å². The molecule has 8 heteroatoms. The normalized spacial score (nSPS) is 10.8. The lowest BCUT2D eigenvalue weighted by molar-refractivity contribution is -0.0497. The van der Waals surface area contributed by atoms with Crippen molar-refractivity contribution in [2.24, 2.45) is 0 Å². The van der Waals surface area contributed by atoms with Crippen molar-refractivity contribution in [1.29, 1.82) is 0 Å². The van der Waals surface area contributed by atoms with Crippen molar-refractivity contribution >= 4 is 23.2 Å². The topological polar surface area (TPSA) is 60.7 Å². The van der Waals surface area contributed by atoms with E-state index >= 15 is 0 Å². The highest BCUT2D eigenvalue weighted by atomic mass is 35.5. The summed E-state index contributed by atoms with van der Waals surface area (Å²) in [4.78, 5) is 12.3. The number of ether oxygens (including phenoxy) is 2. The Morgan fingerprint density at radius 1 is 1.14 bits per heavy atom. The molecular weight excluding hydrogens is 392 g/mol. The van der Waals surface area contributed by atoms with E-state index in [4.69, 9.17) is 20.8 Å². The molecular formula is C20H16ClF2NO4. The standard InChI is InChI=1S/C20H16ClF2NO4/c1-12-4-2-3-5-16(12)26-11-14-7-9-18(27-14)19(25)24-13-6-8-17(15(21)10-13)28-20(22)23/h2-10,20H,11H2,1H3,(H,24,25). The van der Waals surface area contributed by atoms with E-state index in [-0.39, 0.29) is 23.1 Å². The molecule has 3 rings (SSSR count). The Labute approximate surface area is 164 Å². The van der Waals surface area contributed by atoms with E-state index in [1.807, 2.05) is 31.2 Å². The molecule has 0 aliphatic heterocycles. The molecule has 0 aliphatic carbocycles. The molecule has 0 radical (unpaired) electrons. The van der Waals surface area contributed by atoms with E-state index in [9.17, 15) is 13.6 Å². The number of nitrogens with one attached hydrogen (secondary N) is 1. The lowest BCUT2D eigenvalue weighted by Gasteiger charge is -2.09. The van der Waals surface area contributed by atoms with Gasteiger partial charge in [0.25, 0.3) is 5.91 Å². The van der Waals surface area contributed by atoms with E-state index in [2.05, 4.69) is 10.1 Å². The van der Waals surface area contributed by atoms with Gasteiger partial charge in [0, 0.05) is 5.69 Å². The lowest BCUT2D eigenvalue weighted by Crippen LogP contribution is -2.11. The molecule has 0 saturated heterocycles. The molecule has 2 aromatic carbocycles. The minimum atomic E-state index is -2.98. The predicted octanol–water partition coefficient (Wildman–Crippen LogP) is 5.67. The zero-order valence-electron chi connectivity index (χ0n) is 14.7. The van der Waals surface area contributed by atoms with Gasteiger partial charge in [0.05, 0.1) is 5.02 Å². The van der Waals surface area contributed by atoms with Gasteiger partial charge >= 0.3 is 6.61 Å². The van der Waals surface area contributed by atoms with Crippen LogP contribution in [-0.2, 0) is 6.61 Å². The van der Waals surface area contributed by atoms with E-state index in [1.54, 1.807) is 6.07 Å². The predicted molar refractivity (Wildman–Crippen MR) is 100 cm³/mol. The van der Waals surface area contributed by atoms with Crippen LogP contribution in [0.25, 0.3) is 0 Å². The number of aryl methyl sites for hydroxylation is 1. The number of furan rings is 1. The van der Waals surface area contributed by atoms with Crippen LogP contribution in [0.4, 0.5) is 14.5 Å². The first-order valence-corrected chi connectivity index (χ1v) is 8.63. The first-order chi connectivity index (χ1) is 13.4. The Bertz CT molecular complexity index is 974. The molecule has 1 aromatic heterocycles. The maximum Gasteiger partial charge on any atom is 0.387 e. The molecule has 5 nitrogen and oxygen atoms in total. The van der Waals surface area contributed by atoms with Gasteiger partial charge in [-0.3, -0.25) is 4.79 Å². The number of hydrogen-bond acceptors (Lipinski definition) is 4. The van der Waals surface area contributed by atoms with Crippen molar-refractivity contribution in [2.45, 2.75) is 20.1 Å². The minimum Gasteiger partial charge on any atom is -0.485 e. The van der Waals surface area contributed by atoms with Gasteiger partial charge in [-0.25, -0.2) is 0 Å². The molecule has 1 amide bonds. The Hall–Kier alpha value is -3.06. The van der Waals surface area contributed by atoms with Crippen molar-refractivity contribution in [1.82, 2.24) is 0 Å². The highest BCUT2D eigenvalue weighted by Gasteiger charge is 2.14. The third-order valence-corrected chi connectivity index (χ3v) is 4.05. The fraction of sp³-hybridized carbons (Fsp3) is 0.150. The third kappa shape index (κ3) is 5.01. The zero-order chi connectivity index (χ0) is 20.1. The smallest absolute Gasteiger partial charge is 0.387 e. The zero-order valence-corrected chi connectivity index (χ0v) is 15.5. The first-order valence-electron chi connectivity index (χ1n) is 8.25. The van der Waals surface area contributed by atoms with Crippen LogP contribution in [0, 0.1) is 6.92 Å².